The van der Waals surface area contributed by atoms with Crippen LogP contribution in [0.5, 0.6) is 0 Å². The van der Waals surface area contributed by atoms with Crippen molar-refractivity contribution in [3.63, 3.8) is 0 Å². The van der Waals surface area contributed by atoms with E-state index in [2.05, 4.69) is 15.2 Å². The molecule has 1 aromatic heterocycles. The minimum Gasteiger partial charge on any atom is -0.464 e. The Morgan fingerprint density at radius 2 is 2.10 bits per heavy atom. The smallest absolute Gasteiger partial charge is 0.360 e. The van der Waals surface area contributed by atoms with E-state index < -0.39 is 17.3 Å². The van der Waals surface area contributed by atoms with Gasteiger partial charge in [0.05, 0.1) is 18.5 Å². The lowest BCUT2D eigenvalue weighted by molar-refractivity contribution is 0.0592. The highest BCUT2D eigenvalue weighted by Gasteiger charge is 2.17. The molecule has 0 aliphatic heterocycles. The standard InChI is InChI=1S/C13H11FIN3O3/c1-18-11(19)6-10(12(17-18)13(20)21-2)16-9-4-3-7(15)5-8(9)14/h3-6,16H,1-2H3. The first-order chi connectivity index (χ1) is 9.92. The molecule has 8 heteroatoms. The minimum absolute atomic E-state index is 0.0880. The summed E-state index contributed by atoms with van der Waals surface area (Å²) < 4.78 is 20.2. The molecule has 1 aromatic carbocycles. The number of halogens is 2. The van der Waals surface area contributed by atoms with Crippen molar-refractivity contribution in [2.45, 2.75) is 0 Å². The highest BCUT2D eigenvalue weighted by Crippen LogP contribution is 2.22. The Morgan fingerprint density at radius 1 is 1.38 bits per heavy atom. The average molecular weight is 403 g/mol. The summed E-state index contributed by atoms with van der Waals surface area (Å²) in [6.07, 6.45) is 0. The van der Waals surface area contributed by atoms with E-state index in [1.165, 1.54) is 26.3 Å². The second-order valence-electron chi connectivity index (χ2n) is 4.11. The second kappa shape index (κ2) is 6.20. The Labute approximate surface area is 133 Å². The number of nitrogens with zero attached hydrogens (tertiary/aromatic N) is 2. The van der Waals surface area contributed by atoms with Crippen LogP contribution in [0.15, 0.2) is 29.1 Å². The van der Waals surface area contributed by atoms with Gasteiger partial charge in [-0.3, -0.25) is 4.79 Å². The molecule has 0 saturated heterocycles. The Morgan fingerprint density at radius 3 is 2.71 bits per heavy atom. The predicted octanol–water partition coefficient (Wildman–Crippen LogP) is 2.05. The van der Waals surface area contributed by atoms with Crippen LogP contribution in [0.4, 0.5) is 15.8 Å². The maximum absolute atomic E-state index is 13.8. The SMILES string of the molecule is COC(=O)c1nn(C)c(=O)cc1Nc1ccc(I)cc1F. The number of rotatable bonds is 3. The maximum Gasteiger partial charge on any atom is 0.360 e. The van der Waals surface area contributed by atoms with Crippen LogP contribution < -0.4 is 10.9 Å². The number of hydrogen-bond donors (Lipinski definition) is 1. The van der Waals surface area contributed by atoms with Crippen molar-refractivity contribution >= 4 is 39.9 Å². The van der Waals surface area contributed by atoms with E-state index >= 15 is 0 Å². The number of aryl methyl sites for hydroxylation is 1. The Kier molecular flexibility index (Phi) is 4.56. The van der Waals surface area contributed by atoms with E-state index in [1.807, 2.05) is 22.6 Å². The second-order valence-corrected chi connectivity index (χ2v) is 5.35. The van der Waals surface area contributed by atoms with E-state index in [0.29, 0.717) is 0 Å². The molecule has 0 bridgehead atoms. The zero-order chi connectivity index (χ0) is 15.6. The fourth-order valence-electron chi connectivity index (χ4n) is 1.62. The summed E-state index contributed by atoms with van der Waals surface area (Å²) in [6, 6.07) is 5.69. The quantitative estimate of drug-likeness (QED) is 0.628. The van der Waals surface area contributed by atoms with Crippen molar-refractivity contribution in [1.82, 2.24) is 9.78 Å². The van der Waals surface area contributed by atoms with Gasteiger partial charge >= 0.3 is 5.97 Å². The van der Waals surface area contributed by atoms with Gasteiger partial charge in [0, 0.05) is 16.7 Å². The first-order valence-electron chi connectivity index (χ1n) is 5.81. The van der Waals surface area contributed by atoms with Crippen molar-refractivity contribution in [2.24, 2.45) is 7.05 Å². The van der Waals surface area contributed by atoms with Crippen molar-refractivity contribution in [1.29, 1.82) is 0 Å². The van der Waals surface area contributed by atoms with Crippen LogP contribution in [-0.4, -0.2) is 22.9 Å². The summed E-state index contributed by atoms with van der Waals surface area (Å²) in [4.78, 5) is 23.3. The summed E-state index contributed by atoms with van der Waals surface area (Å²) in [5.41, 5.74) is -0.311. The van der Waals surface area contributed by atoms with Gasteiger partial charge in [-0.25, -0.2) is 13.9 Å². The fraction of sp³-hybridized carbons (Fsp3) is 0.154. The minimum atomic E-state index is -0.723. The summed E-state index contributed by atoms with van der Waals surface area (Å²) in [6.45, 7) is 0. The summed E-state index contributed by atoms with van der Waals surface area (Å²) in [5, 5.41) is 6.53. The number of carbonyl (C=O) groups is 1. The number of aromatic nitrogens is 2. The van der Waals surface area contributed by atoms with Crippen molar-refractivity contribution in [2.75, 3.05) is 12.4 Å². The third-order valence-electron chi connectivity index (χ3n) is 2.67. The zero-order valence-electron chi connectivity index (χ0n) is 11.2. The number of carbonyl (C=O) groups excluding carboxylic acids is 1. The van der Waals surface area contributed by atoms with Gasteiger partial charge in [-0.1, -0.05) is 0 Å². The van der Waals surface area contributed by atoms with E-state index in [0.717, 1.165) is 14.3 Å². The number of methoxy groups -OCH3 is 1. The molecule has 1 heterocycles. The summed E-state index contributed by atoms with van der Waals surface area (Å²) in [5.74, 6) is -1.22. The van der Waals surface area contributed by atoms with Gasteiger partial charge < -0.3 is 10.1 Å². The Hall–Kier alpha value is -1.97. The molecule has 0 radical (unpaired) electrons. The third kappa shape index (κ3) is 3.38. The zero-order valence-corrected chi connectivity index (χ0v) is 13.3. The lowest BCUT2D eigenvalue weighted by atomic mass is 10.2. The first-order valence-corrected chi connectivity index (χ1v) is 6.89. The Balaban J connectivity index is 2.50. The van der Waals surface area contributed by atoms with Crippen LogP contribution in [0.3, 0.4) is 0 Å². The summed E-state index contributed by atoms with van der Waals surface area (Å²) >= 11 is 1.98. The molecular formula is C13H11FIN3O3. The molecule has 6 nitrogen and oxygen atoms in total. The van der Waals surface area contributed by atoms with Crippen LogP contribution in [0.1, 0.15) is 10.5 Å². The molecule has 1 N–H and O–H groups in total. The van der Waals surface area contributed by atoms with Crippen molar-refractivity contribution in [3.05, 3.63) is 49.7 Å². The molecule has 0 saturated carbocycles. The first kappa shape index (κ1) is 15.4. The van der Waals surface area contributed by atoms with Crippen molar-refractivity contribution < 1.29 is 13.9 Å². The number of anilines is 2. The topological polar surface area (TPSA) is 73.2 Å². The largest absolute Gasteiger partial charge is 0.464 e. The normalized spacial score (nSPS) is 10.3. The third-order valence-corrected chi connectivity index (χ3v) is 3.34. The van der Waals surface area contributed by atoms with Crippen LogP contribution in [0.2, 0.25) is 0 Å². The van der Waals surface area contributed by atoms with Crippen LogP contribution in [0, 0.1) is 9.39 Å². The van der Waals surface area contributed by atoms with Gasteiger partial charge in [-0.05, 0) is 40.8 Å². The number of hydrogen-bond acceptors (Lipinski definition) is 5. The number of benzene rings is 1. The molecule has 0 aliphatic rings. The number of esters is 1. The molecule has 0 atom stereocenters. The molecule has 2 aromatic rings. The highest BCUT2D eigenvalue weighted by atomic mass is 127. The predicted molar refractivity (Wildman–Crippen MR) is 83.2 cm³/mol. The molecule has 0 aliphatic carbocycles. The summed E-state index contributed by atoms with van der Waals surface area (Å²) in [7, 11) is 2.61. The average Bonchev–Trinajstić information content (AvgIpc) is 2.44. The molecule has 0 fully saturated rings. The van der Waals surface area contributed by atoms with Gasteiger partial charge in [0.15, 0.2) is 5.69 Å². The highest BCUT2D eigenvalue weighted by molar-refractivity contribution is 14.1. The molecule has 0 unspecified atom stereocenters. The molecule has 0 amide bonds. The van der Waals surface area contributed by atoms with Gasteiger partial charge in [0.2, 0.25) is 0 Å². The van der Waals surface area contributed by atoms with E-state index in [-0.39, 0.29) is 17.1 Å². The van der Waals surface area contributed by atoms with Gasteiger partial charge in [-0.2, -0.15) is 5.10 Å². The fourth-order valence-corrected chi connectivity index (χ4v) is 2.07. The number of nitrogens with one attached hydrogen (secondary N) is 1. The molecular weight excluding hydrogens is 392 g/mol. The Bertz CT molecular complexity index is 761. The molecule has 0 spiro atoms. The van der Waals surface area contributed by atoms with E-state index in [9.17, 15) is 14.0 Å². The van der Waals surface area contributed by atoms with Crippen molar-refractivity contribution in [3.8, 4) is 0 Å². The van der Waals surface area contributed by atoms with Gasteiger partial charge in [0.25, 0.3) is 5.56 Å². The van der Waals surface area contributed by atoms with Gasteiger partial charge in [0.1, 0.15) is 5.82 Å². The monoisotopic (exact) mass is 403 g/mol. The number of ether oxygens (including phenoxy) is 1. The van der Waals surface area contributed by atoms with E-state index in [1.54, 1.807) is 6.07 Å². The molecule has 2 rings (SSSR count). The maximum atomic E-state index is 13.8. The lowest BCUT2D eigenvalue weighted by Gasteiger charge is -2.11. The molecule has 21 heavy (non-hydrogen) atoms. The van der Waals surface area contributed by atoms with Crippen LogP contribution >= 0.6 is 22.6 Å². The molecule has 110 valence electrons. The lowest BCUT2D eigenvalue weighted by Crippen LogP contribution is -2.23. The van der Waals surface area contributed by atoms with Crippen LogP contribution in [0.25, 0.3) is 0 Å². The van der Waals surface area contributed by atoms with E-state index in [4.69, 9.17) is 0 Å². The van der Waals surface area contributed by atoms with Gasteiger partial charge in [-0.15, -0.1) is 0 Å². The van der Waals surface area contributed by atoms with Crippen LogP contribution in [-0.2, 0) is 11.8 Å².